The van der Waals surface area contributed by atoms with Crippen molar-refractivity contribution in [1.29, 1.82) is 0 Å². The highest BCUT2D eigenvalue weighted by Gasteiger charge is 2.32. The van der Waals surface area contributed by atoms with Gasteiger partial charge in [0.2, 0.25) is 0 Å². The van der Waals surface area contributed by atoms with Gasteiger partial charge in [0.05, 0.1) is 10.6 Å². The molecule has 1 heterocycles. The van der Waals surface area contributed by atoms with Crippen LogP contribution in [0.1, 0.15) is 16.1 Å². The minimum Gasteiger partial charge on any atom is -0.405 e. The molecule has 1 N–H and O–H groups in total. The number of hydrogen-bond donors (Lipinski definition) is 1. The van der Waals surface area contributed by atoms with Gasteiger partial charge in [-0.2, -0.15) is 0 Å². The van der Waals surface area contributed by atoms with Crippen LogP contribution in [-0.2, 0) is 16.4 Å². The Morgan fingerprint density at radius 1 is 1.09 bits per heavy atom. The molecule has 1 aromatic heterocycles. The Balaban J connectivity index is 1.79. The van der Waals surface area contributed by atoms with Crippen LogP contribution in [0.2, 0.25) is 5.02 Å². The van der Waals surface area contributed by atoms with Gasteiger partial charge in [0.15, 0.2) is 9.84 Å². The third-order valence-electron chi connectivity index (χ3n) is 4.26. The normalized spacial score (nSPS) is 11.8. The van der Waals surface area contributed by atoms with E-state index < -0.39 is 27.9 Å². The summed E-state index contributed by atoms with van der Waals surface area (Å²) < 4.78 is 65.3. The fourth-order valence-corrected chi connectivity index (χ4v) is 3.73. The van der Waals surface area contributed by atoms with E-state index in [0.717, 1.165) is 12.3 Å². The number of alkyl halides is 3. The summed E-state index contributed by atoms with van der Waals surface area (Å²) in [6, 6.07) is 13.9. The molecule has 3 rings (SSSR count). The van der Waals surface area contributed by atoms with Gasteiger partial charge < -0.3 is 10.1 Å². The van der Waals surface area contributed by atoms with Gasteiger partial charge >= 0.3 is 6.36 Å². The number of para-hydroxylation sites is 1. The van der Waals surface area contributed by atoms with Crippen LogP contribution in [0.25, 0.3) is 11.3 Å². The monoisotopic (exact) mass is 484 g/mol. The Bertz CT molecular complexity index is 1260. The van der Waals surface area contributed by atoms with E-state index >= 15 is 0 Å². The molecule has 11 heteroatoms. The van der Waals surface area contributed by atoms with Crippen molar-refractivity contribution in [2.75, 3.05) is 6.26 Å². The molecular formula is C21H16ClF3N2O4S. The molecule has 32 heavy (non-hydrogen) atoms. The molecule has 0 aliphatic rings. The lowest BCUT2D eigenvalue weighted by molar-refractivity contribution is -0.274. The maximum absolute atomic E-state index is 12.7. The van der Waals surface area contributed by atoms with Crippen LogP contribution in [0, 0.1) is 0 Å². The smallest absolute Gasteiger partial charge is 0.405 e. The molecule has 0 fully saturated rings. The lowest BCUT2D eigenvalue weighted by Gasteiger charge is -2.13. The summed E-state index contributed by atoms with van der Waals surface area (Å²) in [6.45, 7) is -0.0125. The van der Waals surface area contributed by atoms with Gasteiger partial charge in [0.25, 0.3) is 5.91 Å². The van der Waals surface area contributed by atoms with Crippen molar-refractivity contribution < 1.29 is 31.1 Å². The summed E-state index contributed by atoms with van der Waals surface area (Å²) in [6.07, 6.45) is -3.83. The first kappa shape index (κ1) is 23.6. The molecule has 0 aliphatic heterocycles. The average molecular weight is 485 g/mol. The van der Waals surface area contributed by atoms with E-state index in [1.807, 2.05) is 0 Å². The van der Waals surface area contributed by atoms with Crippen LogP contribution >= 0.6 is 11.6 Å². The fraction of sp³-hybridized carbons (Fsp3) is 0.143. The zero-order chi connectivity index (χ0) is 23.5. The van der Waals surface area contributed by atoms with Crippen LogP contribution in [0.5, 0.6) is 5.75 Å². The summed E-state index contributed by atoms with van der Waals surface area (Å²) in [5.41, 5.74) is 0.632. The second-order valence-electron chi connectivity index (χ2n) is 6.66. The number of rotatable bonds is 6. The molecule has 3 aromatic rings. The van der Waals surface area contributed by atoms with E-state index in [1.165, 1.54) is 54.6 Å². The molecule has 0 bridgehead atoms. The molecule has 0 atom stereocenters. The molecule has 0 spiro atoms. The number of carbonyl (C=O) groups excluding carboxylic acids is 1. The van der Waals surface area contributed by atoms with E-state index in [1.54, 1.807) is 0 Å². The number of hydrogen-bond acceptors (Lipinski definition) is 5. The number of halogens is 4. The van der Waals surface area contributed by atoms with Gasteiger partial charge in [-0.25, -0.2) is 13.4 Å². The molecular weight excluding hydrogens is 469 g/mol. The van der Waals surface area contributed by atoms with Gasteiger partial charge in [0.1, 0.15) is 11.4 Å². The first-order valence-electron chi connectivity index (χ1n) is 9.03. The molecule has 168 valence electrons. The number of amides is 1. The van der Waals surface area contributed by atoms with E-state index in [4.69, 9.17) is 11.6 Å². The molecule has 2 aromatic carbocycles. The number of aromatic nitrogens is 1. The van der Waals surface area contributed by atoms with Crippen LogP contribution in [0.3, 0.4) is 0 Å². The van der Waals surface area contributed by atoms with E-state index in [2.05, 4.69) is 15.0 Å². The van der Waals surface area contributed by atoms with Gasteiger partial charge in [-0.3, -0.25) is 4.79 Å². The molecule has 0 saturated carbocycles. The minimum absolute atomic E-state index is 0.0125. The second kappa shape index (κ2) is 9.17. The second-order valence-corrected chi connectivity index (χ2v) is 9.08. The van der Waals surface area contributed by atoms with Crippen molar-refractivity contribution in [3.63, 3.8) is 0 Å². The zero-order valence-electron chi connectivity index (χ0n) is 16.5. The van der Waals surface area contributed by atoms with Gasteiger partial charge in [-0.15, -0.1) is 13.2 Å². The molecule has 6 nitrogen and oxygen atoms in total. The third-order valence-corrected chi connectivity index (χ3v) is 5.72. The SMILES string of the molecule is CS(=O)(=O)c1ccc(CNC(=O)c2cccc(-c3ccccc3OC(F)(F)F)n2)c(Cl)c1. The molecule has 0 unspecified atom stereocenters. The van der Waals surface area contributed by atoms with Crippen molar-refractivity contribution in [2.45, 2.75) is 17.8 Å². The molecule has 0 radical (unpaired) electrons. The predicted octanol–water partition coefficient (Wildman–Crippen LogP) is 4.63. The van der Waals surface area contributed by atoms with E-state index in [9.17, 15) is 26.4 Å². The highest BCUT2D eigenvalue weighted by molar-refractivity contribution is 7.90. The predicted molar refractivity (Wildman–Crippen MR) is 112 cm³/mol. The summed E-state index contributed by atoms with van der Waals surface area (Å²) in [5, 5.41) is 2.76. The molecule has 0 aliphatic carbocycles. The Morgan fingerprint density at radius 2 is 1.81 bits per heavy atom. The van der Waals surface area contributed by atoms with Crippen LogP contribution in [0.15, 0.2) is 65.6 Å². The van der Waals surface area contributed by atoms with Gasteiger partial charge in [0, 0.05) is 23.4 Å². The Kier molecular flexibility index (Phi) is 6.75. The maximum Gasteiger partial charge on any atom is 0.573 e. The lowest BCUT2D eigenvalue weighted by Crippen LogP contribution is -2.24. The van der Waals surface area contributed by atoms with Gasteiger partial charge in [-0.1, -0.05) is 35.9 Å². The van der Waals surface area contributed by atoms with Crippen LogP contribution < -0.4 is 10.1 Å². The zero-order valence-corrected chi connectivity index (χ0v) is 18.1. The van der Waals surface area contributed by atoms with Crippen molar-refractivity contribution >= 4 is 27.3 Å². The first-order chi connectivity index (χ1) is 14.9. The summed E-state index contributed by atoms with van der Waals surface area (Å²) >= 11 is 6.10. The Morgan fingerprint density at radius 3 is 2.47 bits per heavy atom. The van der Waals surface area contributed by atoms with E-state index in [-0.39, 0.29) is 33.4 Å². The first-order valence-corrected chi connectivity index (χ1v) is 11.3. The summed E-state index contributed by atoms with van der Waals surface area (Å²) in [5.74, 6) is -1.04. The number of pyridine rings is 1. The van der Waals surface area contributed by atoms with Crippen molar-refractivity contribution in [2.24, 2.45) is 0 Å². The van der Waals surface area contributed by atoms with Crippen molar-refractivity contribution in [3.05, 3.63) is 76.9 Å². The number of carbonyl (C=O) groups is 1. The molecule has 1 amide bonds. The summed E-state index contributed by atoms with van der Waals surface area (Å²) in [7, 11) is -3.42. The minimum atomic E-state index is -4.88. The van der Waals surface area contributed by atoms with E-state index in [0.29, 0.717) is 5.56 Å². The topological polar surface area (TPSA) is 85.4 Å². The number of ether oxygens (including phenoxy) is 1. The lowest BCUT2D eigenvalue weighted by atomic mass is 10.1. The highest BCUT2D eigenvalue weighted by Crippen LogP contribution is 2.32. The largest absolute Gasteiger partial charge is 0.573 e. The van der Waals surface area contributed by atoms with Crippen molar-refractivity contribution in [1.82, 2.24) is 10.3 Å². The van der Waals surface area contributed by atoms with Crippen LogP contribution in [-0.4, -0.2) is 31.9 Å². The Labute approximate surface area is 186 Å². The Hall–Kier alpha value is -3.11. The maximum atomic E-state index is 12.7. The number of sulfone groups is 1. The van der Waals surface area contributed by atoms with Gasteiger partial charge in [-0.05, 0) is 42.0 Å². The number of benzene rings is 2. The fourth-order valence-electron chi connectivity index (χ4n) is 2.77. The third kappa shape index (κ3) is 5.98. The molecule has 0 saturated heterocycles. The van der Waals surface area contributed by atoms with Crippen LogP contribution in [0.4, 0.5) is 13.2 Å². The highest BCUT2D eigenvalue weighted by atomic mass is 35.5. The summed E-state index contributed by atoms with van der Waals surface area (Å²) in [4.78, 5) is 16.7. The average Bonchev–Trinajstić information content (AvgIpc) is 2.71. The quantitative estimate of drug-likeness (QED) is 0.551. The number of nitrogens with one attached hydrogen (secondary N) is 1. The van der Waals surface area contributed by atoms with Crippen molar-refractivity contribution in [3.8, 4) is 17.0 Å². The standard InChI is InChI=1S/C21H16ClF3N2O4S/c1-32(29,30)14-10-9-13(16(22)11-14)12-26-20(28)18-7-4-6-17(27-18)15-5-2-3-8-19(15)31-21(23,24)25/h2-11H,12H2,1H3,(H,26,28). The number of nitrogens with zero attached hydrogens (tertiary/aromatic N) is 1.